The van der Waals surface area contributed by atoms with E-state index in [1.807, 2.05) is 34.1 Å². The van der Waals surface area contributed by atoms with Crippen LogP contribution < -0.4 is 15.0 Å². The fourth-order valence-electron chi connectivity index (χ4n) is 4.80. The quantitative estimate of drug-likeness (QED) is 0.617. The molecule has 1 aromatic heterocycles. The predicted octanol–water partition coefficient (Wildman–Crippen LogP) is 4.70. The Bertz CT molecular complexity index is 1210. The zero-order valence-electron chi connectivity index (χ0n) is 18.6. The van der Waals surface area contributed by atoms with Crippen LogP contribution in [0.1, 0.15) is 37.8 Å². The third-order valence-electron chi connectivity index (χ3n) is 6.97. The Morgan fingerprint density at radius 3 is 2.76 bits per heavy atom. The van der Waals surface area contributed by atoms with Gasteiger partial charge in [-0.2, -0.15) is 5.10 Å². The number of anilines is 1. The predicted molar refractivity (Wildman–Crippen MR) is 124 cm³/mol. The Morgan fingerprint density at radius 2 is 2.03 bits per heavy atom. The minimum atomic E-state index is -0.344. The molecule has 0 radical (unpaired) electrons. The number of hydrogen-bond donors (Lipinski definition) is 1. The van der Waals surface area contributed by atoms with Gasteiger partial charge in [0.2, 0.25) is 5.91 Å². The molecule has 3 aliphatic rings. The van der Waals surface area contributed by atoms with Gasteiger partial charge in [0.15, 0.2) is 0 Å². The number of benzene rings is 2. The lowest BCUT2D eigenvalue weighted by Gasteiger charge is -2.36. The monoisotopic (exact) mass is 446 g/mol. The molecule has 6 rings (SSSR count). The third kappa shape index (κ3) is 3.70. The van der Waals surface area contributed by atoms with Crippen LogP contribution in [0.3, 0.4) is 0 Å². The molecule has 7 heteroatoms. The highest BCUT2D eigenvalue weighted by molar-refractivity contribution is 5.99. The highest BCUT2D eigenvalue weighted by atomic mass is 19.1. The number of fused-ring (bicyclic) bond motifs is 1. The first kappa shape index (κ1) is 20.4. The van der Waals surface area contributed by atoms with E-state index in [1.165, 1.54) is 12.1 Å². The topological polar surface area (TPSA) is 59.4 Å². The van der Waals surface area contributed by atoms with Crippen molar-refractivity contribution in [2.45, 2.75) is 44.7 Å². The van der Waals surface area contributed by atoms with E-state index in [9.17, 15) is 9.18 Å². The SMILES string of the molecule is C[C@H]1CCc2c(ccc(-c3cnn(C4CNC4)c3)c2Oc2cccc(F)c2)N1C(=O)C1CC1. The minimum absolute atomic E-state index is 0.139. The van der Waals surface area contributed by atoms with Gasteiger partial charge in [0, 0.05) is 54.0 Å². The molecule has 170 valence electrons. The average molecular weight is 447 g/mol. The van der Waals surface area contributed by atoms with Crippen LogP contribution in [0.15, 0.2) is 48.8 Å². The normalized spacial score (nSPS) is 20.3. The summed E-state index contributed by atoms with van der Waals surface area (Å²) in [4.78, 5) is 15.1. The molecule has 1 amide bonds. The molecule has 0 bridgehead atoms. The maximum absolute atomic E-state index is 13.9. The molecular formula is C26H27FN4O2. The summed E-state index contributed by atoms with van der Waals surface area (Å²) in [5.74, 6) is 1.13. The van der Waals surface area contributed by atoms with Gasteiger partial charge in [-0.3, -0.25) is 9.48 Å². The number of ether oxygens (including phenoxy) is 1. The summed E-state index contributed by atoms with van der Waals surface area (Å²) in [6, 6.07) is 10.8. The van der Waals surface area contributed by atoms with E-state index in [0.29, 0.717) is 17.5 Å². The maximum Gasteiger partial charge on any atom is 0.230 e. The molecule has 0 spiro atoms. The number of carbonyl (C=O) groups excluding carboxylic acids is 1. The third-order valence-corrected chi connectivity index (χ3v) is 6.97. The molecule has 2 aliphatic heterocycles. The minimum Gasteiger partial charge on any atom is -0.456 e. The van der Waals surface area contributed by atoms with Crippen LogP contribution in [0.4, 0.5) is 10.1 Å². The van der Waals surface area contributed by atoms with Crippen molar-refractivity contribution in [1.29, 1.82) is 0 Å². The van der Waals surface area contributed by atoms with E-state index < -0.39 is 0 Å². The van der Waals surface area contributed by atoms with Gasteiger partial charge < -0.3 is 15.0 Å². The molecule has 1 saturated heterocycles. The van der Waals surface area contributed by atoms with E-state index in [2.05, 4.69) is 17.3 Å². The van der Waals surface area contributed by atoms with Crippen molar-refractivity contribution in [2.24, 2.45) is 5.92 Å². The Balaban J connectivity index is 1.46. The molecule has 1 N–H and O–H groups in total. The Morgan fingerprint density at radius 1 is 1.18 bits per heavy atom. The van der Waals surface area contributed by atoms with Crippen LogP contribution in [0, 0.1) is 11.7 Å². The first-order chi connectivity index (χ1) is 16.1. The van der Waals surface area contributed by atoms with Gasteiger partial charge in [0.1, 0.15) is 17.3 Å². The van der Waals surface area contributed by atoms with E-state index >= 15 is 0 Å². The lowest BCUT2D eigenvalue weighted by molar-refractivity contribution is -0.120. The number of nitrogens with one attached hydrogen (secondary N) is 1. The molecule has 0 unspecified atom stereocenters. The molecule has 1 saturated carbocycles. The Kier molecular flexibility index (Phi) is 4.94. The Labute approximate surface area is 192 Å². The van der Waals surface area contributed by atoms with Crippen LogP contribution in [0.25, 0.3) is 11.1 Å². The molecule has 2 aromatic carbocycles. The summed E-state index contributed by atoms with van der Waals surface area (Å²) in [7, 11) is 0. The van der Waals surface area contributed by atoms with E-state index in [-0.39, 0.29) is 23.7 Å². The van der Waals surface area contributed by atoms with Crippen LogP contribution in [-0.4, -0.2) is 34.8 Å². The van der Waals surface area contributed by atoms with Crippen molar-refractivity contribution >= 4 is 11.6 Å². The second-order valence-corrected chi connectivity index (χ2v) is 9.39. The zero-order valence-corrected chi connectivity index (χ0v) is 18.6. The molecule has 1 atom stereocenters. The van der Waals surface area contributed by atoms with Gasteiger partial charge >= 0.3 is 0 Å². The van der Waals surface area contributed by atoms with Gasteiger partial charge in [-0.15, -0.1) is 0 Å². The Hall–Kier alpha value is -3.19. The van der Waals surface area contributed by atoms with Crippen LogP contribution in [0.5, 0.6) is 11.5 Å². The number of amides is 1. The van der Waals surface area contributed by atoms with Gasteiger partial charge in [0.05, 0.1) is 17.9 Å². The number of aromatic nitrogens is 2. The van der Waals surface area contributed by atoms with E-state index in [4.69, 9.17) is 4.74 Å². The second-order valence-electron chi connectivity index (χ2n) is 9.39. The summed E-state index contributed by atoms with van der Waals surface area (Å²) < 4.78 is 22.3. The summed E-state index contributed by atoms with van der Waals surface area (Å²) in [5, 5.41) is 7.85. The molecule has 3 aromatic rings. The molecule has 3 heterocycles. The summed E-state index contributed by atoms with van der Waals surface area (Å²) in [5.41, 5.74) is 3.78. The van der Waals surface area contributed by atoms with Gasteiger partial charge in [-0.05, 0) is 56.9 Å². The highest BCUT2D eigenvalue weighted by Crippen LogP contribution is 2.46. The summed E-state index contributed by atoms with van der Waals surface area (Å²) in [6.45, 7) is 3.93. The maximum atomic E-state index is 13.9. The van der Waals surface area contributed by atoms with E-state index in [0.717, 1.165) is 61.2 Å². The summed E-state index contributed by atoms with van der Waals surface area (Å²) in [6.07, 6.45) is 7.50. The van der Waals surface area contributed by atoms with Crippen molar-refractivity contribution in [2.75, 3.05) is 18.0 Å². The molecule has 6 nitrogen and oxygen atoms in total. The first-order valence-electron chi connectivity index (χ1n) is 11.8. The van der Waals surface area contributed by atoms with Crippen LogP contribution >= 0.6 is 0 Å². The van der Waals surface area contributed by atoms with Crippen LogP contribution in [0.2, 0.25) is 0 Å². The standard InChI is InChI=1S/C26H27FN4O2/c1-16-5-8-23-24(31(16)26(32)17-6-7-17)10-9-22(18-12-29-30(15-18)20-13-28-14-20)25(23)33-21-4-2-3-19(27)11-21/h2-4,9-12,15-17,20,28H,5-8,13-14H2,1H3/t16-/m0/s1. The van der Waals surface area contributed by atoms with Gasteiger partial charge in [-0.1, -0.05) is 6.07 Å². The zero-order chi connectivity index (χ0) is 22.5. The van der Waals surface area contributed by atoms with E-state index in [1.54, 1.807) is 12.1 Å². The molecular weight excluding hydrogens is 419 g/mol. The first-order valence-corrected chi connectivity index (χ1v) is 11.8. The van der Waals surface area contributed by atoms with Gasteiger partial charge in [-0.25, -0.2) is 4.39 Å². The van der Waals surface area contributed by atoms with Crippen LogP contribution in [-0.2, 0) is 11.2 Å². The number of rotatable bonds is 5. The lowest BCUT2D eigenvalue weighted by Crippen LogP contribution is -2.43. The van der Waals surface area contributed by atoms with Crippen molar-refractivity contribution < 1.29 is 13.9 Å². The molecule has 33 heavy (non-hydrogen) atoms. The smallest absolute Gasteiger partial charge is 0.230 e. The second kappa shape index (κ2) is 7.99. The van der Waals surface area contributed by atoms with Crippen molar-refractivity contribution in [3.63, 3.8) is 0 Å². The number of carbonyl (C=O) groups is 1. The number of nitrogens with zero attached hydrogens (tertiary/aromatic N) is 3. The lowest BCUT2D eigenvalue weighted by atomic mass is 9.92. The summed E-state index contributed by atoms with van der Waals surface area (Å²) >= 11 is 0. The van der Waals surface area contributed by atoms with Crippen molar-refractivity contribution in [3.8, 4) is 22.6 Å². The molecule has 2 fully saturated rings. The highest BCUT2D eigenvalue weighted by Gasteiger charge is 2.39. The molecule has 1 aliphatic carbocycles. The fraction of sp³-hybridized carbons (Fsp3) is 0.385. The number of hydrogen-bond acceptors (Lipinski definition) is 4. The fourth-order valence-corrected chi connectivity index (χ4v) is 4.80. The number of halogens is 1. The van der Waals surface area contributed by atoms with Gasteiger partial charge in [0.25, 0.3) is 0 Å². The van der Waals surface area contributed by atoms with Crippen molar-refractivity contribution in [1.82, 2.24) is 15.1 Å². The largest absolute Gasteiger partial charge is 0.456 e. The van der Waals surface area contributed by atoms with Crippen molar-refractivity contribution in [3.05, 3.63) is 60.2 Å². The average Bonchev–Trinajstić information content (AvgIpc) is 3.51.